The van der Waals surface area contributed by atoms with Gasteiger partial charge in [0.25, 0.3) is 0 Å². The summed E-state index contributed by atoms with van der Waals surface area (Å²) in [5.41, 5.74) is 0. The Hall–Kier alpha value is -0.990. The third kappa shape index (κ3) is 6.35. The maximum absolute atomic E-state index is 11.9. The quantitative estimate of drug-likeness (QED) is 0.583. The van der Waals surface area contributed by atoms with Crippen LogP contribution in [0.25, 0.3) is 0 Å². The average molecular weight is 286 g/mol. The van der Waals surface area contributed by atoms with Crippen LogP contribution in [0.4, 0.5) is 26.3 Å². The minimum atomic E-state index is -5.47. The topological polar surface area (TPSA) is 37.4 Å². The molecule has 3 nitrogen and oxygen atoms in total. The van der Waals surface area contributed by atoms with Crippen LogP contribution < -0.4 is 0 Å². The molecule has 0 radical (unpaired) electrons. The molecular weight excluding hydrogens is 280 g/mol. The minimum absolute atomic E-state index is 0.634. The maximum atomic E-state index is 11.9. The van der Waals surface area contributed by atoms with Crippen molar-refractivity contribution < 1.29 is 35.9 Å². The highest BCUT2D eigenvalue weighted by Crippen LogP contribution is 2.22. The Bertz CT molecular complexity index is 300. The number of hydrogen-bond donors (Lipinski definition) is 0. The predicted octanol–water partition coefficient (Wildman–Crippen LogP) is 1.75. The van der Waals surface area contributed by atoms with Gasteiger partial charge in [0, 0.05) is 0 Å². The molecule has 0 aromatic carbocycles. The van der Waals surface area contributed by atoms with Crippen LogP contribution in [0.15, 0.2) is 0 Å². The van der Waals surface area contributed by atoms with Gasteiger partial charge in [0.2, 0.25) is 0 Å². The Morgan fingerprint density at radius 3 is 1.82 bits per heavy atom. The van der Waals surface area contributed by atoms with Gasteiger partial charge in [-0.05, 0) is 0 Å². The summed E-state index contributed by atoms with van der Waals surface area (Å²) in [4.78, 5) is 20.6. The maximum Gasteiger partial charge on any atom is 0.471 e. The van der Waals surface area contributed by atoms with Gasteiger partial charge in [-0.25, -0.2) is 0 Å². The first-order chi connectivity index (χ1) is 7.47. The highest BCUT2D eigenvalue weighted by Gasteiger charge is 2.46. The van der Waals surface area contributed by atoms with Crippen molar-refractivity contribution in [3.05, 3.63) is 0 Å². The van der Waals surface area contributed by atoms with Crippen molar-refractivity contribution in [1.82, 2.24) is 4.90 Å². The van der Waals surface area contributed by atoms with Gasteiger partial charge in [-0.2, -0.15) is 26.3 Å². The summed E-state index contributed by atoms with van der Waals surface area (Å²) in [5.74, 6) is -4.62. The van der Waals surface area contributed by atoms with Gasteiger partial charge in [-0.3, -0.25) is 9.59 Å². The van der Waals surface area contributed by atoms with E-state index in [1.54, 1.807) is 0 Å². The minimum Gasteiger partial charge on any atom is -0.318 e. The third-order valence-corrected chi connectivity index (χ3v) is 1.71. The lowest BCUT2D eigenvalue weighted by atomic mass is 10.3. The molecule has 100 valence electrons. The highest BCUT2D eigenvalue weighted by molar-refractivity contribution is 6.28. The third-order valence-electron chi connectivity index (χ3n) is 1.42. The van der Waals surface area contributed by atoms with Crippen LogP contribution in [0.2, 0.25) is 0 Å². The van der Waals surface area contributed by atoms with Gasteiger partial charge in [0.1, 0.15) is 6.54 Å². The monoisotopic (exact) mass is 285 g/mol. The van der Waals surface area contributed by atoms with Crippen LogP contribution in [0.3, 0.4) is 0 Å². The van der Waals surface area contributed by atoms with E-state index in [2.05, 4.69) is 0 Å². The SMILES string of the molecule is O=C(CCl)CN(CC(F)(F)F)C(=O)C(F)(F)F. The van der Waals surface area contributed by atoms with Crippen LogP contribution in [0.5, 0.6) is 0 Å². The van der Waals surface area contributed by atoms with Crippen molar-refractivity contribution in [2.75, 3.05) is 19.0 Å². The van der Waals surface area contributed by atoms with Crippen LogP contribution >= 0.6 is 11.6 Å². The van der Waals surface area contributed by atoms with Crippen molar-refractivity contribution in [2.24, 2.45) is 0 Å². The van der Waals surface area contributed by atoms with E-state index in [0.717, 1.165) is 0 Å². The summed E-state index contributed by atoms with van der Waals surface area (Å²) in [5, 5.41) is 0. The van der Waals surface area contributed by atoms with E-state index in [0.29, 0.717) is 0 Å². The number of alkyl halides is 7. The Labute approximate surface area is 96.3 Å². The lowest BCUT2D eigenvalue weighted by Crippen LogP contribution is -2.48. The summed E-state index contributed by atoms with van der Waals surface area (Å²) in [6.07, 6.45) is -10.5. The lowest BCUT2D eigenvalue weighted by Gasteiger charge is -2.23. The second-order valence-electron chi connectivity index (χ2n) is 2.95. The molecule has 0 rings (SSSR count). The second kappa shape index (κ2) is 5.56. The summed E-state index contributed by atoms with van der Waals surface area (Å²) in [6.45, 7) is -3.49. The number of Topliss-reactive ketones (excluding diaryl/α,β-unsaturated/α-hetero) is 1. The first-order valence-electron chi connectivity index (χ1n) is 3.98. The van der Waals surface area contributed by atoms with Gasteiger partial charge < -0.3 is 4.90 Å². The zero-order valence-electron chi connectivity index (χ0n) is 8.03. The van der Waals surface area contributed by atoms with E-state index in [9.17, 15) is 35.9 Å². The van der Waals surface area contributed by atoms with Crippen LogP contribution in [0, 0.1) is 0 Å². The fraction of sp³-hybridized carbons (Fsp3) is 0.714. The standard InChI is InChI=1S/C7H6ClF6NO2/c8-1-4(16)2-15(3-6(9,10)11)5(17)7(12,13)14/h1-3H2. The molecule has 0 aliphatic heterocycles. The zero-order chi connectivity index (χ0) is 13.9. The molecule has 0 heterocycles. The number of ketones is 1. The first kappa shape index (κ1) is 16.0. The molecule has 0 bridgehead atoms. The zero-order valence-corrected chi connectivity index (χ0v) is 8.79. The van der Waals surface area contributed by atoms with Gasteiger partial charge in [-0.1, -0.05) is 0 Å². The van der Waals surface area contributed by atoms with E-state index in [1.165, 1.54) is 0 Å². The number of carbonyl (C=O) groups is 2. The fourth-order valence-corrected chi connectivity index (χ4v) is 0.935. The molecule has 10 heteroatoms. The largest absolute Gasteiger partial charge is 0.471 e. The molecule has 0 saturated heterocycles. The van der Waals surface area contributed by atoms with E-state index in [4.69, 9.17) is 11.6 Å². The van der Waals surface area contributed by atoms with E-state index < -0.39 is 47.9 Å². The smallest absolute Gasteiger partial charge is 0.318 e. The van der Waals surface area contributed by atoms with E-state index in [-0.39, 0.29) is 0 Å². The molecule has 0 spiro atoms. The second-order valence-corrected chi connectivity index (χ2v) is 3.21. The van der Waals surface area contributed by atoms with E-state index in [1.807, 2.05) is 0 Å². The molecule has 0 aliphatic carbocycles. The normalized spacial score (nSPS) is 12.4. The highest BCUT2D eigenvalue weighted by atomic mass is 35.5. The number of rotatable bonds is 4. The Kier molecular flexibility index (Phi) is 5.24. The molecular formula is C7H6ClF6NO2. The Balaban J connectivity index is 4.86. The molecule has 1 amide bonds. The van der Waals surface area contributed by atoms with Crippen molar-refractivity contribution >= 4 is 23.3 Å². The van der Waals surface area contributed by atoms with Crippen LogP contribution in [-0.2, 0) is 9.59 Å². The van der Waals surface area contributed by atoms with Gasteiger partial charge >= 0.3 is 18.3 Å². The summed E-state index contributed by atoms with van der Waals surface area (Å²) in [6, 6.07) is 0. The average Bonchev–Trinajstić information content (AvgIpc) is 2.11. The molecule has 0 fully saturated rings. The van der Waals surface area contributed by atoms with Crippen molar-refractivity contribution in [3.8, 4) is 0 Å². The first-order valence-corrected chi connectivity index (χ1v) is 4.51. The molecule has 0 atom stereocenters. The van der Waals surface area contributed by atoms with Crippen molar-refractivity contribution in [1.29, 1.82) is 0 Å². The Morgan fingerprint density at radius 1 is 1.06 bits per heavy atom. The molecule has 0 aromatic rings. The molecule has 0 saturated carbocycles. The van der Waals surface area contributed by atoms with Gasteiger partial charge in [-0.15, -0.1) is 11.6 Å². The molecule has 17 heavy (non-hydrogen) atoms. The molecule has 0 aliphatic rings. The van der Waals surface area contributed by atoms with Crippen LogP contribution in [0.1, 0.15) is 0 Å². The van der Waals surface area contributed by atoms with Crippen molar-refractivity contribution in [2.45, 2.75) is 12.4 Å². The van der Waals surface area contributed by atoms with E-state index >= 15 is 0 Å². The molecule has 0 N–H and O–H groups in total. The number of carbonyl (C=O) groups excluding carboxylic acids is 2. The number of amides is 1. The predicted molar refractivity (Wildman–Crippen MR) is 44.4 cm³/mol. The van der Waals surface area contributed by atoms with Gasteiger partial charge in [0.05, 0.1) is 12.4 Å². The summed E-state index contributed by atoms with van der Waals surface area (Å²) >= 11 is 4.94. The Morgan fingerprint density at radius 2 is 1.53 bits per heavy atom. The number of hydrogen-bond acceptors (Lipinski definition) is 2. The number of halogens is 7. The van der Waals surface area contributed by atoms with Crippen molar-refractivity contribution in [3.63, 3.8) is 0 Å². The lowest BCUT2D eigenvalue weighted by molar-refractivity contribution is -0.198. The van der Waals surface area contributed by atoms with Crippen LogP contribution in [-0.4, -0.2) is 47.9 Å². The molecule has 0 aromatic heterocycles. The summed E-state index contributed by atoms with van der Waals surface area (Å²) in [7, 11) is 0. The fourth-order valence-electron chi connectivity index (χ4n) is 0.850. The molecule has 0 unspecified atom stereocenters. The van der Waals surface area contributed by atoms with Gasteiger partial charge in [0.15, 0.2) is 5.78 Å². The summed E-state index contributed by atoms with van der Waals surface area (Å²) < 4.78 is 71.5. The number of nitrogens with zero attached hydrogens (tertiary/aromatic N) is 1.